The number of carbonyl (C=O) groups is 1. The molecule has 2 heterocycles. The van der Waals surface area contributed by atoms with Crippen molar-refractivity contribution in [3.8, 4) is 5.69 Å². The van der Waals surface area contributed by atoms with Crippen LogP contribution in [-0.4, -0.2) is 26.2 Å². The molecular weight excluding hydrogens is 290 g/mol. The Morgan fingerprint density at radius 1 is 1.00 bits per heavy atom. The number of hydrogen-bond donors (Lipinski definition) is 1. The molecule has 1 aromatic carbocycles. The number of benzene rings is 1. The molecule has 3 rings (SSSR count). The van der Waals surface area contributed by atoms with Crippen molar-refractivity contribution in [1.82, 2.24) is 20.0 Å². The highest BCUT2D eigenvalue weighted by Gasteiger charge is 2.04. The van der Waals surface area contributed by atoms with Gasteiger partial charge in [0.15, 0.2) is 0 Å². The van der Waals surface area contributed by atoms with Crippen molar-refractivity contribution in [2.75, 3.05) is 0 Å². The summed E-state index contributed by atoms with van der Waals surface area (Å²) in [6, 6.07) is 11.1. The van der Waals surface area contributed by atoms with E-state index in [1.54, 1.807) is 37.1 Å². The van der Waals surface area contributed by atoms with Crippen LogP contribution in [0, 0.1) is 0 Å². The molecule has 0 spiro atoms. The summed E-state index contributed by atoms with van der Waals surface area (Å²) < 4.78 is 1.92. The van der Waals surface area contributed by atoms with Gasteiger partial charge in [-0.05, 0) is 36.8 Å². The molecule has 0 bridgehead atoms. The number of amides is 1. The number of imidazole rings is 1. The molecule has 0 saturated heterocycles. The van der Waals surface area contributed by atoms with E-state index in [0.717, 1.165) is 17.0 Å². The van der Waals surface area contributed by atoms with Crippen molar-refractivity contribution in [2.24, 2.45) is 5.10 Å². The smallest absolute Gasteiger partial charge is 0.271 e. The first-order valence-corrected chi connectivity index (χ1v) is 7.07. The van der Waals surface area contributed by atoms with Crippen LogP contribution in [0.1, 0.15) is 22.8 Å². The molecule has 23 heavy (non-hydrogen) atoms. The number of aromatic nitrogens is 3. The topological polar surface area (TPSA) is 72.2 Å². The largest absolute Gasteiger partial charge is 0.306 e. The number of nitrogens with one attached hydrogen (secondary N) is 1. The molecule has 3 aromatic rings. The third-order valence-corrected chi connectivity index (χ3v) is 3.36. The second-order valence-electron chi connectivity index (χ2n) is 4.89. The molecule has 1 amide bonds. The van der Waals surface area contributed by atoms with Crippen LogP contribution >= 0.6 is 0 Å². The second-order valence-corrected chi connectivity index (χ2v) is 4.89. The molecule has 0 unspecified atom stereocenters. The van der Waals surface area contributed by atoms with E-state index in [1.807, 2.05) is 42.0 Å². The zero-order valence-corrected chi connectivity index (χ0v) is 12.5. The fourth-order valence-corrected chi connectivity index (χ4v) is 2.05. The summed E-state index contributed by atoms with van der Waals surface area (Å²) in [6.45, 7) is 1.85. The molecule has 0 atom stereocenters. The van der Waals surface area contributed by atoms with Crippen molar-refractivity contribution in [2.45, 2.75) is 6.92 Å². The lowest BCUT2D eigenvalue weighted by Crippen LogP contribution is -2.19. The van der Waals surface area contributed by atoms with Crippen LogP contribution in [0.3, 0.4) is 0 Å². The summed E-state index contributed by atoms with van der Waals surface area (Å²) >= 11 is 0. The standard InChI is InChI=1S/C17H15N5O/c1-13(20-21-17(23)15-6-8-18-9-7-15)14-2-4-16(5-3-14)22-11-10-19-12-22/h2-12H,1H3,(H,21,23). The van der Waals surface area contributed by atoms with E-state index in [0.29, 0.717) is 5.56 Å². The maximum Gasteiger partial charge on any atom is 0.271 e. The fraction of sp³-hybridized carbons (Fsp3) is 0.0588. The van der Waals surface area contributed by atoms with Gasteiger partial charge in [-0.3, -0.25) is 9.78 Å². The lowest BCUT2D eigenvalue weighted by Gasteiger charge is -2.05. The Kier molecular flexibility index (Phi) is 4.24. The van der Waals surface area contributed by atoms with E-state index >= 15 is 0 Å². The summed E-state index contributed by atoms with van der Waals surface area (Å²) in [5.41, 5.74) is 5.74. The van der Waals surface area contributed by atoms with Crippen molar-refractivity contribution in [3.63, 3.8) is 0 Å². The number of rotatable bonds is 4. The minimum absolute atomic E-state index is 0.262. The summed E-state index contributed by atoms with van der Waals surface area (Å²) in [6.07, 6.45) is 8.49. The minimum atomic E-state index is -0.262. The number of hydrazone groups is 1. The zero-order valence-electron chi connectivity index (χ0n) is 12.5. The lowest BCUT2D eigenvalue weighted by molar-refractivity contribution is 0.0954. The van der Waals surface area contributed by atoms with Crippen LogP contribution in [-0.2, 0) is 0 Å². The molecule has 0 aliphatic carbocycles. The highest BCUT2D eigenvalue weighted by Crippen LogP contribution is 2.10. The summed E-state index contributed by atoms with van der Waals surface area (Å²) in [5.74, 6) is -0.262. The number of pyridine rings is 1. The maximum absolute atomic E-state index is 11.9. The van der Waals surface area contributed by atoms with Gasteiger partial charge in [-0.15, -0.1) is 0 Å². The molecule has 0 radical (unpaired) electrons. The van der Waals surface area contributed by atoms with Gasteiger partial charge in [0.1, 0.15) is 0 Å². The van der Waals surface area contributed by atoms with Crippen LogP contribution < -0.4 is 5.43 Å². The summed E-state index contributed by atoms with van der Waals surface area (Å²) in [7, 11) is 0. The van der Waals surface area contributed by atoms with Crippen LogP contribution in [0.25, 0.3) is 5.69 Å². The van der Waals surface area contributed by atoms with E-state index < -0.39 is 0 Å². The highest BCUT2D eigenvalue weighted by atomic mass is 16.2. The highest BCUT2D eigenvalue weighted by molar-refractivity contribution is 6.00. The van der Waals surface area contributed by atoms with Gasteiger partial charge in [0, 0.05) is 36.0 Å². The normalized spacial score (nSPS) is 11.3. The zero-order chi connectivity index (χ0) is 16.1. The van der Waals surface area contributed by atoms with Crippen molar-refractivity contribution >= 4 is 11.6 Å². The van der Waals surface area contributed by atoms with Gasteiger partial charge in [-0.1, -0.05) is 12.1 Å². The van der Waals surface area contributed by atoms with Gasteiger partial charge >= 0.3 is 0 Å². The third-order valence-electron chi connectivity index (χ3n) is 3.36. The molecule has 0 aliphatic rings. The quantitative estimate of drug-likeness (QED) is 0.594. The first-order valence-electron chi connectivity index (χ1n) is 7.07. The lowest BCUT2D eigenvalue weighted by atomic mass is 10.1. The molecular formula is C17H15N5O. The van der Waals surface area contributed by atoms with Crippen LogP contribution in [0.5, 0.6) is 0 Å². The molecule has 1 N–H and O–H groups in total. The predicted molar refractivity (Wildman–Crippen MR) is 87.5 cm³/mol. The first kappa shape index (κ1) is 14.6. The molecule has 0 saturated carbocycles. The molecule has 0 fully saturated rings. The van der Waals surface area contributed by atoms with E-state index in [9.17, 15) is 4.79 Å². The molecule has 0 aliphatic heterocycles. The monoisotopic (exact) mass is 305 g/mol. The van der Waals surface area contributed by atoms with Gasteiger partial charge in [-0.25, -0.2) is 10.4 Å². The summed E-state index contributed by atoms with van der Waals surface area (Å²) in [4.78, 5) is 19.8. The van der Waals surface area contributed by atoms with E-state index in [4.69, 9.17) is 0 Å². The van der Waals surface area contributed by atoms with Crippen molar-refractivity contribution in [1.29, 1.82) is 0 Å². The Hall–Kier alpha value is -3.28. The predicted octanol–water partition coefficient (Wildman–Crippen LogP) is 2.42. The van der Waals surface area contributed by atoms with Gasteiger partial charge < -0.3 is 4.57 Å². The molecule has 114 valence electrons. The van der Waals surface area contributed by atoms with Crippen molar-refractivity contribution in [3.05, 3.63) is 78.6 Å². The Bertz CT molecular complexity index is 808. The molecule has 6 nitrogen and oxygen atoms in total. The van der Waals surface area contributed by atoms with Gasteiger partial charge in [-0.2, -0.15) is 5.10 Å². The molecule has 2 aromatic heterocycles. The number of hydrogen-bond acceptors (Lipinski definition) is 4. The van der Waals surface area contributed by atoms with Gasteiger partial charge in [0.2, 0.25) is 0 Å². The Balaban J connectivity index is 1.70. The fourth-order valence-electron chi connectivity index (χ4n) is 2.05. The van der Waals surface area contributed by atoms with Crippen LogP contribution in [0.15, 0.2) is 72.6 Å². The first-order chi connectivity index (χ1) is 11.2. The Morgan fingerprint density at radius 3 is 2.39 bits per heavy atom. The SMILES string of the molecule is CC(=NNC(=O)c1ccncc1)c1ccc(-n2ccnc2)cc1. The van der Waals surface area contributed by atoms with E-state index in [1.165, 1.54) is 0 Å². The maximum atomic E-state index is 11.9. The second kappa shape index (κ2) is 6.65. The van der Waals surface area contributed by atoms with Crippen molar-refractivity contribution < 1.29 is 4.79 Å². The van der Waals surface area contributed by atoms with Crippen LogP contribution in [0.4, 0.5) is 0 Å². The Labute approximate surface area is 133 Å². The van der Waals surface area contributed by atoms with E-state index in [2.05, 4.69) is 20.5 Å². The van der Waals surface area contributed by atoms with Crippen LogP contribution in [0.2, 0.25) is 0 Å². The third kappa shape index (κ3) is 3.49. The average molecular weight is 305 g/mol. The number of nitrogens with zero attached hydrogens (tertiary/aromatic N) is 4. The average Bonchev–Trinajstić information content (AvgIpc) is 3.15. The van der Waals surface area contributed by atoms with E-state index in [-0.39, 0.29) is 5.91 Å². The number of carbonyl (C=O) groups excluding carboxylic acids is 1. The summed E-state index contributed by atoms with van der Waals surface area (Å²) in [5, 5.41) is 4.14. The Morgan fingerprint density at radius 2 is 1.74 bits per heavy atom. The minimum Gasteiger partial charge on any atom is -0.306 e. The molecule has 6 heteroatoms. The van der Waals surface area contributed by atoms with Gasteiger partial charge in [0.05, 0.1) is 12.0 Å². The van der Waals surface area contributed by atoms with Gasteiger partial charge in [0.25, 0.3) is 5.91 Å².